The van der Waals surface area contributed by atoms with Gasteiger partial charge in [0.05, 0.1) is 12.5 Å². The van der Waals surface area contributed by atoms with Crippen molar-refractivity contribution < 1.29 is 18.7 Å². The van der Waals surface area contributed by atoms with Gasteiger partial charge in [0.25, 0.3) is 0 Å². The second-order valence-electron chi connectivity index (χ2n) is 3.91. The highest BCUT2D eigenvalue weighted by atomic mass is 35.5. The van der Waals surface area contributed by atoms with Crippen LogP contribution in [0, 0.1) is 0 Å². The van der Waals surface area contributed by atoms with Crippen LogP contribution in [0.25, 0.3) is 0 Å². The molecule has 1 atom stereocenters. The zero-order valence-electron chi connectivity index (χ0n) is 11.3. The lowest BCUT2D eigenvalue weighted by Gasteiger charge is -2.13. The molecule has 1 aromatic carbocycles. The van der Waals surface area contributed by atoms with Gasteiger partial charge in [-0.05, 0) is 12.1 Å². The molecule has 1 rings (SSSR count). The standard InChI is InChI=1S/C13H19FN2O3.ClH/c1-18-12(9-15)8-13(17)16-10-3-2-4-11(7-10)19-6-5-14;/h2-4,7,12H,5-6,8-9,15H2,1H3,(H,16,17);1H. The molecule has 3 N–H and O–H groups in total. The smallest absolute Gasteiger partial charge is 0.227 e. The number of alkyl halides is 1. The van der Waals surface area contributed by atoms with Gasteiger partial charge in [-0.3, -0.25) is 4.79 Å². The molecule has 0 bridgehead atoms. The molecule has 0 aromatic heterocycles. The first kappa shape index (κ1) is 18.6. The van der Waals surface area contributed by atoms with Gasteiger partial charge in [-0.25, -0.2) is 4.39 Å². The van der Waals surface area contributed by atoms with Crippen LogP contribution < -0.4 is 15.8 Å². The van der Waals surface area contributed by atoms with Crippen molar-refractivity contribution >= 4 is 24.0 Å². The van der Waals surface area contributed by atoms with E-state index in [0.717, 1.165) is 0 Å². The molecule has 0 aliphatic heterocycles. The van der Waals surface area contributed by atoms with Crippen molar-refractivity contribution in [2.45, 2.75) is 12.5 Å². The Morgan fingerprint density at radius 3 is 2.85 bits per heavy atom. The molecule has 0 aliphatic carbocycles. The number of methoxy groups -OCH3 is 1. The molecule has 20 heavy (non-hydrogen) atoms. The van der Waals surface area contributed by atoms with Crippen LogP contribution in [0.4, 0.5) is 10.1 Å². The van der Waals surface area contributed by atoms with Gasteiger partial charge in [0.15, 0.2) is 0 Å². The number of nitrogens with one attached hydrogen (secondary N) is 1. The van der Waals surface area contributed by atoms with Gasteiger partial charge in [-0.2, -0.15) is 0 Å². The van der Waals surface area contributed by atoms with E-state index in [-0.39, 0.29) is 44.0 Å². The Hall–Kier alpha value is -1.37. The molecule has 1 amide bonds. The predicted octanol–water partition coefficient (Wildman–Crippen LogP) is 1.76. The Morgan fingerprint density at radius 1 is 1.50 bits per heavy atom. The third kappa shape index (κ3) is 6.70. The van der Waals surface area contributed by atoms with Crippen LogP contribution >= 0.6 is 12.4 Å². The Morgan fingerprint density at radius 2 is 2.25 bits per heavy atom. The van der Waals surface area contributed by atoms with E-state index in [1.807, 2.05) is 0 Å². The molecule has 0 heterocycles. The van der Waals surface area contributed by atoms with E-state index in [2.05, 4.69) is 5.32 Å². The summed E-state index contributed by atoms with van der Waals surface area (Å²) in [6.07, 6.45) is -0.117. The summed E-state index contributed by atoms with van der Waals surface area (Å²) in [4.78, 5) is 11.7. The Balaban J connectivity index is 0.00000361. The number of anilines is 1. The normalized spacial score (nSPS) is 11.3. The first-order chi connectivity index (χ1) is 9.19. The fourth-order valence-electron chi connectivity index (χ4n) is 1.50. The van der Waals surface area contributed by atoms with E-state index < -0.39 is 6.67 Å². The van der Waals surface area contributed by atoms with E-state index in [0.29, 0.717) is 11.4 Å². The monoisotopic (exact) mass is 306 g/mol. The summed E-state index contributed by atoms with van der Waals surface area (Å²) in [5, 5.41) is 2.71. The summed E-state index contributed by atoms with van der Waals surface area (Å²) >= 11 is 0. The van der Waals surface area contributed by atoms with E-state index in [4.69, 9.17) is 15.2 Å². The summed E-state index contributed by atoms with van der Waals surface area (Å²) < 4.78 is 22.2. The quantitative estimate of drug-likeness (QED) is 0.767. The minimum absolute atomic E-state index is 0. The topological polar surface area (TPSA) is 73.6 Å². The van der Waals surface area contributed by atoms with Gasteiger partial charge in [-0.15, -0.1) is 12.4 Å². The van der Waals surface area contributed by atoms with Crippen molar-refractivity contribution in [3.8, 4) is 5.75 Å². The van der Waals surface area contributed by atoms with Crippen LogP contribution in [-0.4, -0.2) is 38.9 Å². The number of amides is 1. The summed E-state index contributed by atoms with van der Waals surface area (Å²) in [5.74, 6) is 0.317. The SMILES string of the molecule is COC(CN)CC(=O)Nc1cccc(OCCF)c1.Cl. The van der Waals surface area contributed by atoms with Crippen LogP contribution in [0.2, 0.25) is 0 Å². The number of hydrogen-bond acceptors (Lipinski definition) is 4. The van der Waals surface area contributed by atoms with Crippen molar-refractivity contribution in [1.29, 1.82) is 0 Å². The number of benzene rings is 1. The zero-order valence-corrected chi connectivity index (χ0v) is 12.1. The molecule has 0 fully saturated rings. The fraction of sp³-hybridized carbons (Fsp3) is 0.462. The maximum Gasteiger partial charge on any atom is 0.227 e. The van der Waals surface area contributed by atoms with Gasteiger partial charge >= 0.3 is 0 Å². The molecule has 1 aromatic rings. The van der Waals surface area contributed by atoms with Crippen molar-refractivity contribution in [3.63, 3.8) is 0 Å². The number of ether oxygens (including phenoxy) is 2. The molecule has 7 heteroatoms. The van der Waals surface area contributed by atoms with Gasteiger partial charge in [-0.1, -0.05) is 6.07 Å². The second kappa shape index (κ2) is 10.4. The minimum Gasteiger partial charge on any atom is -0.491 e. The Labute approximate surface area is 124 Å². The molecular weight excluding hydrogens is 287 g/mol. The third-order valence-corrected chi connectivity index (χ3v) is 2.47. The molecule has 0 aliphatic rings. The second-order valence-corrected chi connectivity index (χ2v) is 3.91. The van der Waals surface area contributed by atoms with E-state index in [9.17, 15) is 9.18 Å². The lowest BCUT2D eigenvalue weighted by molar-refractivity contribution is -0.118. The average molecular weight is 307 g/mol. The number of hydrogen-bond donors (Lipinski definition) is 2. The highest BCUT2D eigenvalue weighted by molar-refractivity contribution is 5.91. The van der Waals surface area contributed by atoms with E-state index in [1.165, 1.54) is 7.11 Å². The summed E-state index contributed by atoms with van der Waals surface area (Å²) in [5.41, 5.74) is 6.03. The zero-order chi connectivity index (χ0) is 14.1. The molecular formula is C13H20ClFN2O3. The maximum absolute atomic E-state index is 12.0. The van der Waals surface area contributed by atoms with Crippen LogP contribution in [0.3, 0.4) is 0 Å². The van der Waals surface area contributed by atoms with E-state index in [1.54, 1.807) is 24.3 Å². The van der Waals surface area contributed by atoms with Gasteiger partial charge in [0.2, 0.25) is 5.91 Å². The molecule has 1 unspecified atom stereocenters. The van der Waals surface area contributed by atoms with Gasteiger partial charge in [0.1, 0.15) is 19.0 Å². The van der Waals surface area contributed by atoms with Crippen molar-refractivity contribution in [2.75, 3.05) is 32.3 Å². The summed E-state index contributed by atoms with van der Waals surface area (Å²) in [6.45, 7) is -0.275. The number of carbonyl (C=O) groups is 1. The van der Waals surface area contributed by atoms with Crippen molar-refractivity contribution in [1.82, 2.24) is 0 Å². The maximum atomic E-state index is 12.0. The van der Waals surface area contributed by atoms with Gasteiger partial charge in [0, 0.05) is 25.4 Å². The van der Waals surface area contributed by atoms with Crippen molar-refractivity contribution in [3.05, 3.63) is 24.3 Å². The lowest BCUT2D eigenvalue weighted by Crippen LogP contribution is -2.28. The molecule has 0 saturated carbocycles. The lowest BCUT2D eigenvalue weighted by atomic mass is 10.2. The molecule has 0 saturated heterocycles. The highest BCUT2D eigenvalue weighted by Gasteiger charge is 2.11. The molecule has 114 valence electrons. The van der Waals surface area contributed by atoms with Crippen LogP contribution in [0.5, 0.6) is 5.75 Å². The Kier molecular flexibility index (Phi) is 9.71. The first-order valence-electron chi connectivity index (χ1n) is 6.01. The number of carbonyl (C=O) groups excluding carboxylic acids is 1. The largest absolute Gasteiger partial charge is 0.491 e. The van der Waals surface area contributed by atoms with Crippen LogP contribution in [0.15, 0.2) is 24.3 Å². The first-order valence-corrected chi connectivity index (χ1v) is 6.01. The van der Waals surface area contributed by atoms with Crippen LogP contribution in [0.1, 0.15) is 6.42 Å². The van der Waals surface area contributed by atoms with Gasteiger partial charge < -0.3 is 20.5 Å². The van der Waals surface area contributed by atoms with E-state index >= 15 is 0 Å². The number of nitrogens with two attached hydrogens (primary N) is 1. The molecule has 0 spiro atoms. The molecule has 0 radical (unpaired) electrons. The highest BCUT2D eigenvalue weighted by Crippen LogP contribution is 2.17. The number of rotatable bonds is 8. The van der Waals surface area contributed by atoms with Crippen molar-refractivity contribution in [2.24, 2.45) is 5.73 Å². The minimum atomic E-state index is -0.553. The number of halogens is 2. The predicted molar refractivity (Wildman–Crippen MR) is 78.3 cm³/mol. The fourth-order valence-corrected chi connectivity index (χ4v) is 1.50. The summed E-state index contributed by atoms with van der Waals surface area (Å²) in [6, 6.07) is 6.78. The third-order valence-electron chi connectivity index (χ3n) is 2.47. The molecule has 5 nitrogen and oxygen atoms in total. The summed E-state index contributed by atoms with van der Waals surface area (Å²) in [7, 11) is 1.51. The van der Waals surface area contributed by atoms with Crippen LogP contribution in [-0.2, 0) is 9.53 Å². The average Bonchev–Trinajstić information content (AvgIpc) is 2.43. The Bertz CT molecular complexity index is 403.